The molecule has 2 N–H and O–H groups in total. The SMILES string of the molecule is CCC(=O)NC(Nc1sc2c(c1C#N)CCC(C(C)(C)C)C2)(C(=O)OC)C(F)(F)F. The number of rotatable bonds is 5. The molecule has 2 atom stereocenters. The molecule has 0 aromatic carbocycles. The highest BCUT2D eigenvalue weighted by Gasteiger charge is 2.63. The van der Waals surface area contributed by atoms with Crippen LogP contribution in [0.1, 0.15) is 56.5 Å². The molecule has 1 aromatic rings. The molecule has 0 saturated heterocycles. The minimum atomic E-state index is -5.21. The van der Waals surface area contributed by atoms with Crippen molar-refractivity contribution in [3.05, 3.63) is 16.0 Å². The van der Waals surface area contributed by atoms with Gasteiger partial charge in [-0.05, 0) is 36.2 Å². The molecule has 30 heavy (non-hydrogen) atoms. The minimum Gasteiger partial charge on any atom is -0.466 e. The Morgan fingerprint density at radius 1 is 1.30 bits per heavy atom. The van der Waals surface area contributed by atoms with Gasteiger partial charge < -0.3 is 15.4 Å². The lowest BCUT2D eigenvalue weighted by atomic mass is 9.72. The number of esters is 1. The lowest BCUT2D eigenvalue weighted by molar-refractivity contribution is -0.206. The van der Waals surface area contributed by atoms with Crippen LogP contribution in [-0.4, -0.2) is 30.8 Å². The van der Waals surface area contributed by atoms with E-state index in [0.717, 1.165) is 29.7 Å². The number of thiophene rings is 1. The van der Waals surface area contributed by atoms with E-state index in [4.69, 9.17) is 0 Å². The summed E-state index contributed by atoms with van der Waals surface area (Å²) in [6.45, 7) is 7.68. The molecular weight excluding hydrogens is 419 g/mol. The van der Waals surface area contributed by atoms with E-state index >= 15 is 0 Å². The molecule has 0 spiro atoms. The van der Waals surface area contributed by atoms with Gasteiger partial charge in [0.05, 0.1) is 12.7 Å². The van der Waals surface area contributed by atoms with Crippen molar-refractivity contribution < 1.29 is 27.5 Å². The number of fused-ring (bicyclic) bond motifs is 1. The highest BCUT2D eigenvalue weighted by atomic mass is 32.1. The van der Waals surface area contributed by atoms with Gasteiger partial charge in [-0.1, -0.05) is 27.7 Å². The summed E-state index contributed by atoms with van der Waals surface area (Å²) in [5.74, 6) is -2.38. The zero-order valence-electron chi connectivity index (χ0n) is 17.6. The number of hydrogen-bond acceptors (Lipinski definition) is 6. The van der Waals surface area contributed by atoms with Gasteiger partial charge in [0, 0.05) is 11.3 Å². The second-order valence-corrected chi connectivity index (χ2v) is 9.50. The van der Waals surface area contributed by atoms with Crippen LogP contribution < -0.4 is 10.6 Å². The third-order valence-corrected chi connectivity index (χ3v) is 6.64. The van der Waals surface area contributed by atoms with Gasteiger partial charge in [0.2, 0.25) is 5.91 Å². The fourth-order valence-electron chi connectivity index (χ4n) is 3.54. The Bertz CT molecular complexity index is 868. The van der Waals surface area contributed by atoms with Gasteiger partial charge in [-0.15, -0.1) is 11.3 Å². The molecule has 0 radical (unpaired) electrons. The first-order valence-electron chi connectivity index (χ1n) is 9.59. The van der Waals surface area contributed by atoms with Crippen molar-refractivity contribution in [1.82, 2.24) is 5.32 Å². The molecule has 1 aliphatic rings. The van der Waals surface area contributed by atoms with Crippen LogP contribution in [0.3, 0.4) is 0 Å². The first kappa shape index (κ1) is 24.0. The van der Waals surface area contributed by atoms with E-state index in [1.807, 2.05) is 6.07 Å². The predicted molar refractivity (Wildman–Crippen MR) is 107 cm³/mol. The van der Waals surface area contributed by atoms with Crippen LogP contribution in [0.5, 0.6) is 0 Å². The van der Waals surface area contributed by atoms with Gasteiger partial charge in [0.1, 0.15) is 11.1 Å². The number of anilines is 1. The smallest absolute Gasteiger partial charge is 0.441 e. The van der Waals surface area contributed by atoms with Crippen LogP contribution >= 0.6 is 11.3 Å². The quantitative estimate of drug-likeness (QED) is 0.525. The van der Waals surface area contributed by atoms with Crippen LogP contribution in [-0.2, 0) is 27.2 Å². The Balaban J connectivity index is 2.56. The maximum absolute atomic E-state index is 14.1. The second kappa shape index (κ2) is 8.46. The highest BCUT2D eigenvalue weighted by molar-refractivity contribution is 7.16. The molecule has 10 heteroatoms. The van der Waals surface area contributed by atoms with Gasteiger partial charge in [0.15, 0.2) is 0 Å². The van der Waals surface area contributed by atoms with Crippen molar-refractivity contribution in [2.75, 3.05) is 12.4 Å². The zero-order valence-corrected chi connectivity index (χ0v) is 18.4. The van der Waals surface area contributed by atoms with Crippen LogP contribution in [0.25, 0.3) is 0 Å². The molecule has 0 bridgehead atoms. The monoisotopic (exact) mass is 445 g/mol. The molecule has 166 valence electrons. The molecule has 2 rings (SSSR count). The number of nitrogens with one attached hydrogen (secondary N) is 2. The van der Waals surface area contributed by atoms with E-state index < -0.39 is 23.7 Å². The van der Waals surface area contributed by atoms with Crippen LogP contribution in [0.4, 0.5) is 18.2 Å². The average molecular weight is 446 g/mol. The number of carbonyl (C=O) groups excluding carboxylic acids is 2. The molecular formula is C20H26F3N3O3S. The standard InChI is InChI=1S/C20H26F3N3O3S/c1-6-15(27)25-19(17(28)29-5,20(21,22)23)26-16-13(10-24)12-8-7-11(18(2,3)4)9-14(12)30-16/h11,26H,6-9H2,1-5H3,(H,25,27). The summed E-state index contributed by atoms with van der Waals surface area (Å²) in [5, 5.41) is 13.4. The first-order valence-corrected chi connectivity index (χ1v) is 10.4. The summed E-state index contributed by atoms with van der Waals surface area (Å²) in [4.78, 5) is 25.0. The number of amides is 1. The maximum atomic E-state index is 14.1. The summed E-state index contributed by atoms with van der Waals surface area (Å²) in [7, 11) is 0.807. The van der Waals surface area contributed by atoms with Crippen molar-refractivity contribution in [1.29, 1.82) is 5.26 Å². The number of ether oxygens (including phenoxy) is 1. The first-order chi connectivity index (χ1) is 13.8. The van der Waals surface area contributed by atoms with E-state index in [2.05, 4.69) is 30.8 Å². The molecule has 0 aliphatic heterocycles. The Hall–Kier alpha value is -2.28. The summed E-state index contributed by atoms with van der Waals surface area (Å²) < 4.78 is 46.6. The fraction of sp³-hybridized carbons (Fsp3) is 0.650. The van der Waals surface area contributed by atoms with Gasteiger partial charge in [-0.2, -0.15) is 18.4 Å². The van der Waals surface area contributed by atoms with Crippen LogP contribution in [0.2, 0.25) is 0 Å². The van der Waals surface area contributed by atoms with E-state index in [9.17, 15) is 28.0 Å². The normalized spacial score (nSPS) is 18.6. The number of nitrogens with zero attached hydrogens (tertiary/aromatic N) is 1. The van der Waals surface area contributed by atoms with Gasteiger partial charge >= 0.3 is 17.8 Å². The molecule has 6 nitrogen and oxygen atoms in total. The van der Waals surface area contributed by atoms with Crippen molar-refractivity contribution in [2.24, 2.45) is 11.3 Å². The van der Waals surface area contributed by atoms with Crippen LogP contribution in [0.15, 0.2) is 0 Å². The number of alkyl halides is 3. The molecule has 0 saturated carbocycles. The fourth-order valence-corrected chi connectivity index (χ4v) is 4.88. The van der Waals surface area contributed by atoms with Crippen molar-refractivity contribution in [3.63, 3.8) is 0 Å². The largest absolute Gasteiger partial charge is 0.466 e. The molecule has 2 unspecified atom stereocenters. The Labute approximate surface area is 177 Å². The van der Waals surface area contributed by atoms with Crippen LogP contribution in [0, 0.1) is 22.7 Å². The van der Waals surface area contributed by atoms with E-state index in [-0.39, 0.29) is 22.4 Å². The zero-order chi connectivity index (χ0) is 22.9. The lowest BCUT2D eigenvalue weighted by Crippen LogP contribution is -2.69. The number of methoxy groups -OCH3 is 1. The Kier molecular flexibility index (Phi) is 6.76. The molecule has 1 aromatic heterocycles. The predicted octanol–water partition coefficient (Wildman–Crippen LogP) is 4.14. The average Bonchev–Trinajstić information content (AvgIpc) is 3.00. The van der Waals surface area contributed by atoms with E-state index in [0.29, 0.717) is 24.3 Å². The highest BCUT2D eigenvalue weighted by Crippen LogP contribution is 2.45. The molecule has 1 aliphatic carbocycles. The number of carbonyl (C=O) groups is 2. The molecule has 1 amide bonds. The summed E-state index contributed by atoms with van der Waals surface area (Å²) in [6.07, 6.45) is -3.46. The van der Waals surface area contributed by atoms with Crippen molar-refractivity contribution >= 4 is 28.2 Å². The summed E-state index contributed by atoms with van der Waals surface area (Å²) in [5.41, 5.74) is -2.70. The minimum absolute atomic E-state index is 0.0128. The summed E-state index contributed by atoms with van der Waals surface area (Å²) in [6, 6.07) is 1.97. The summed E-state index contributed by atoms with van der Waals surface area (Å²) >= 11 is 1.02. The van der Waals surface area contributed by atoms with Gasteiger partial charge in [0.25, 0.3) is 0 Å². The number of nitriles is 1. The Morgan fingerprint density at radius 2 is 1.93 bits per heavy atom. The maximum Gasteiger partial charge on any atom is 0.441 e. The number of hydrogen-bond donors (Lipinski definition) is 2. The second-order valence-electron chi connectivity index (χ2n) is 8.39. The third kappa shape index (κ3) is 4.41. The van der Waals surface area contributed by atoms with Crippen molar-refractivity contribution in [2.45, 2.75) is 65.2 Å². The molecule has 1 heterocycles. The van der Waals surface area contributed by atoms with E-state index in [1.54, 1.807) is 5.32 Å². The van der Waals surface area contributed by atoms with Gasteiger partial charge in [-0.25, -0.2) is 4.79 Å². The van der Waals surface area contributed by atoms with E-state index in [1.165, 1.54) is 6.92 Å². The van der Waals surface area contributed by atoms with Gasteiger partial charge in [-0.3, -0.25) is 4.79 Å². The Morgan fingerprint density at radius 3 is 2.40 bits per heavy atom. The van der Waals surface area contributed by atoms with Crippen molar-refractivity contribution in [3.8, 4) is 6.07 Å². The third-order valence-electron chi connectivity index (χ3n) is 5.47. The topological polar surface area (TPSA) is 91.2 Å². The molecule has 0 fully saturated rings. The lowest BCUT2D eigenvalue weighted by Gasteiger charge is -2.34. The number of halogens is 3.